The molecule has 0 amide bonds. The molecular weight excluding hydrogens is 300 g/mol. The van der Waals surface area contributed by atoms with Crippen LogP contribution in [0.15, 0.2) is 0 Å². The van der Waals surface area contributed by atoms with Crippen molar-refractivity contribution in [2.45, 2.75) is 90.2 Å². The Morgan fingerprint density at radius 1 is 0.524 bits per heavy atom. The van der Waals surface area contributed by atoms with E-state index >= 15 is 0 Å². The molecule has 0 N–H and O–H groups in total. The summed E-state index contributed by atoms with van der Waals surface area (Å²) < 4.78 is 19.5. The first kappa shape index (κ1) is 21.6. The summed E-state index contributed by atoms with van der Waals surface area (Å²) in [5.41, 5.74) is 0. The van der Waals surface area contributed by atoms with Crippen LogP contribution >= 0.6 is 0 Å². The van der Waals surface area contributed by atoms with E-state index in [0.717, 1.165) is 43.8 Å². The molecule has 0 radical (unpaired) electrons. The van der Waals surface area contributed by atoms with Gasteiger partial charge in [-0.25, -0.2) is 0 Å². The van der Waals surface area contributed by atoms with Crippen LogP contribution < -0.4 is 0 Å². The summed E-state index contributed by atoms with van der Waals surface area (Å²) in [6, 6.07) is 0. The zero-order valence-electron chi connectivity index (χ0n) is 14.9. The number of rotatable bonds is 16. The van der Waals surface area contributed by atoms with Crippen molar-refractivity contribution >= 4 is 0 Å². The molecule has 0 aromatic heterocycles. The predicted octanol–water partition coefficient (Wildman–Crippen LogP) is 5.94. The van der Waals surface area contributed by atoms with E-state index in [1.165, 1.54) is 38.5 Å². The molecule has 0 saturated heterocycles. The fraction of sp³-hybridized carbons (Fsp3) is 1.00. The van der Waals surface area contributed by atoms with Gasteiger partial charge in [-0.2, -0.15) is 0 Å². The Balaban J connectivity index is 4.22. The third-order valence-corrected chi connectivity index (χ3v) is 8.01. The first-order valence-corrected chi connectivity index (χ1v) is 12.2. The second kappa shape index (κ2) is 15.5. The standard InChI is InChI=1S/3C5H11O.C2H5.Ti/c3*1-2-3-4-5-6;1-2;/h3*2-5H2,1H3;1H2,2H3;/q3*-1;;+3. The van der Waals surface area contributed by atoms with Crippen LogP contribution in [0.2, 0.25) is 4.73 Å². The van der Waals surface area contributed by atoms with E-state index < -0.39 is 17.8 Å². The molecule has 0 unspecified atom stereocenters. The number of hydrogen-bond acceptors (Lipinski definition) is 3. The Bertz CT molecular complexity index is 181. The molecule has 0 aliphatic rings. The van der Waals surface area contributed by atoms with Crippen molar-refractivity contribution in [2.75, 3.05) is 19.8 Å². The topological polar surface area (TPSA) is 27.7 Å². The van der Waals surface area contributed by atoms with Gasteiger partial charge < -0.3 is 0 Å². The molecule has 0 rings (SSSR count). The summed E-state index contributed by atoms with van der Waals surface area (Å²) in [7, 11) is 0. The third-order valence-electron chi connectivity index (χ3n) is 3.64. The third kappa shape index (κ3) is 11.8. The van der Waals surface area contributed by atoms with Crippen LogP contribution in [0.1, 0.15) is 85.5 Å². The maximum absolute atomic E-state index is 6.18. The maximum atomic E-state index is 6.18. The van der Waals surface area contributed by atoms with Crippen LogP contribution in [0.25, 0.3) is 0 Å². The second-order valence-electron chi connectivity index (χ2n) is 5.70. The second-order valence-corrected chi connectivity index (χ2v) is 10.3. The van der Waals surface area contributed by atoms with Gasteiger partial charge in [0.1, 0.15) is 0 Å². The molecule has 0 aliphatic carbocycles. The Kier molecular flexibility index (Phi) is 15.9. The first-order valence-electron chi connectivity index (χ1n) is 9.16. The molecule has 0 saturated carbocycles. The molecule has 0 heterocycles. The average Bonchev–Trinajstić information content (AvgIpc) is 2.51. The van der Waals surface area contributed by atoms with Gasteiger partial charge in [0.2, 0.25) is 0 Å². The van der Waals surface area contributed by atoms with Crippen molar-refractivity contribution < 1.29 is 27.7 Å². The van der Waals surface area contributed by atoms with Crippen molar-refractivity contribution in [1.82, 2.24) is 0 Å². The van der Waals surface area contributed by atoms with Crippen LogP contribution in [-0.4, -0.2) is 19.8 Å². The zero-order valence-corrected chi connectivity index (χ0v) is 16.5. The van der Waals surface area contributed by atoms with Gasteiger partial charge in [0.05, 0.1) is 0 Å². The SMILES string of the molecule is CCCCC[O][Ti]([CH2]C)([O]CCCCC)[O]CCCCC. The normalized spacial score (nSPS) is 12.0. The van der Waals surface area contributed by atoms with E-state index in [4.69, 9.17) is 9.96 Å². The Labute approximate surface area is 137 Å². The molecule has 3 nitrogen and oxygen atoms in total. The van der Waals surface area contributed by atoms with Crippen molar-refractivity contribution in [1.29, 1.82) is 0 Å². The molecular formula is C17H38O3Ti. The minimum atomic E-state index is -2.98. The summed E-state index contributed by atoms with van der Waals surface area (Å²) in [6.45, 7) is 11.3. The van der Waals surface area contributed by atoms with Gasteiger partial charge in [0.15, 0.2) is 0 Å². The van der Waals surface area contributed by atoms with Crippen LogP contribution in [0.4, 0.5) is 0 Å². The monoisotopic (exact) mass is 338 g/mol. The summed E-state index contributed by atoms with van der Waals surface area (Å²) in [5.74, 6) is 0. The van der Waals surface area contributed by atoms with Crippen molar-refractivity contribution in [2.24, 2.45) is 0 Å². The van der Waals surface area contributed by atoms with E-state index in [2.05, 4.69) is 27.7 Å². The fourth-order valence-corrected chi connectivity index (χ4v) is 5.65. The fourth-order valence-electron chi connectivity index (χ4n) is 2.17. The van der Waals surface area contributed by atoms with E-state index in [0.29, 0.717) is 0 Å². The minimum absolute atomic E-state index is 0.809. The van der Waals surface area contributed by atoms with Gasteiger partial charge >= 0.3 is 138 Å². The molecule has 0 aliphatic heterocycles. The van der Waals surface area contributed by atoms with E-state index in [-0.39, 0.29) is 0 Å². The van der Waals surface area contributed by atoms with Gasteiger partial charge in [-0.05, 0) is 0 Å². The Morgan fingerprint density at radius 3 is 1.10 bits per heavy atom. The van der Waals surface area contributed by atoms with E-state index in [1.807, 2.05) is 0 Å². The van der Waals surface area contributed by atoms with Gasteiger partial charge in [0, 0.05) is 0 Å². The molecule has 0 spiro atoms. The summed E-state index contributed by atoms with van der Waals surface area (Å²) in [5, 5.41) is 0. The van der Waals surface area contributed by atoms with Crippen molar-refractivity contribution in [3.05, 3.63) is 0 Å². The van der Waals surface area contributed by atoms with E-state index in [1.54, 1.807) is 0 Å². The van der Waals surface area contributed by atoms with Gasteiger partial charge in [-0.1, -0.05) is 0 Å². The Hall–Kier alpha value is 0.594. The van der Waals surface area contributed by atoms with Crippen LogP contribution in [0.5, 0.6) is 0 Å². The molecule has 0 bridgehead atoms. The molecule has 0 atom stereocenters. The van der Waals surface area contributed by atoms with Gasteiger partial charge in [0.25, 0.3) is 0 Å². The predicted molar refractivity (Wildman–Crippen MR) is 86.9 cm³/mol. The van der Waals surface area contributed by atoms with Gasteiger partial charge in [-0.15, -0.1) is 0 Å². The molecule has 21 heavy (non-hydrogen) atoms. The molecule has 0 aromatic rings. The van der Waals surface area contributed by atoms with Crippen molar-refractivity contribution in [3.63, 3.8) is 0 Å². The molecule has 0 fully saturated rings. The quantitative estimate of drug-likeness (QED) is 0.257. The zero-order chi connectivity index (χ0) is 15.8. The summed E-state index contributed by atoms with van der Waals surface area (Å²) >= 11 is -2.98. The molecule has 0 aromatic carbocycles. The average molecular weight is 338 g/mol. The number of hydrogen-bond donors (Lipinski definition) is 0. The first-order chi connectivity index (χ1) is 10.2. The van der Waals surface area contributed by atoms with E-state index in [9.17, 15) is 0 Å². The van der Waals surface area contributed by atoms with Crippen LogP contribution in [-0.2, 0) is 27.7 Å². The van der Waals surface area contributed by atoms with Crippen LogP contribution in [0, 0.1) is 0 Å². The summed E-state index contributed by atoms with van der Waals surface area (Å²) in [4.78, 5) is 0. The van der Waals surface area contributed by atoms with Gasteiger partial charge in [-0.3, -0.25) is 0 Å². The van der Waals surface area contributed by atoms with Crippen molar-refractivity contribution in [3.8, 4) is 0 Å². The summed E-state index contributed by atoms with van der Waals surface area (Å²) in [6.07, 6.45) is 10.7. The van der Waals surface area contributed by atoms with Crippen LogP contribution in [0.3, 0.4) is 0 Å². The number of unbranched alkanes of at least 4 members (excludes halogenated alkanes) is 6. The molecule has 128 valence electrons. The Morgan fingerprint density at radius 2 is 0.857 bits per heavy atom. The molecule has 4 heteroatoms.